The van der Waals surface area contributed by atoms with Crippen LogP contribution < -0.4 is 0 Å². The first-order chi connectivity index (χ1) is 15.6. The predicted molar refractivity (Wildman–Crippen MR) is 132 cm³/mol. The van der Waals surface area contributed by atoms with E-state index in [9.17, 15) is 9.90 Å². The summed E-state index contributed by atoms with van der Waals surface area (Å²) in [5.74, 6) is -0.215. The molecule has 0 bridgehead atoms. The van der Waals surface area contributed by atoms with Crippen molar-refractivity contribution in [3.05, 3.63) is 149 Å². The Morgan fingerprint density at radius 2 is 0.844 bits per heavy atom. The molecule has 4 aromatic rings. The van der Waals surface area contributed by atoms with E-state index >= 15 is 0 Å². The molecular formula is C30H24O2. The number of benzene rings is 4. The standard InChI is InChI=1S/C30H24O2/c1-22(31)21-28(32)23-17-19-27(20-18-23)30(26-15-9-4-10-16-26)29(24-11-5-2-6-12-24)25-13-7-3-8-14-25/h2-21,32H,1H3/b28-21-. The fourth-order valence-corrected chi connectivity index (χ4v) is 3.81. The highest BCUT2D eigenvalue weighted by molar-refractivity contribution is 6.04. The van der Waals surface area contributed by atoms with Crippen molar-refractivity contribution >= 4 is 22.7 Å². The molecule has 0 saturated carbocycles. The summed E-state index contributed by atoms with van der Waals surface area (Å²) in [6.07, 6.45) is 1.24. The summed E-state index contributed by atoms with van der Waals surface area (Å²) < 4.78 is 0. The van der Waals surface area contributed by atoms with Gasteiger partial charge in [-0.3, -0.25) is 4.79 Å². The highest BCUT2D eigenvalue weighted by Gasteiger charge is 2.16. The zero-order valence-electron chi connectivity index (χ0n) is 17.9. The first-order valence-electron chi connectivity index (χ1n) is 10.6. The van der Waals surface area contributed by atoms with Crippen LogP contribution in [-0.4, -0.2) is 10.9 Å². The van der Waals surface area contributed by atoms with Crippen molar-refractivity contribution in [2.24, 2.45) is 0 Å². The number of aliphatic hydroxyl groups is 1. The predicted octanol–water partition coefficient (Wildman–Crippen LogP) is 7.18. The minimum Gasteiger partial charge on any atom is -0.507 e. The third kappa shape index (κ3) is 4.76. The number of carbonyl (C=O) groups is 1. The molecule has 0 fully saturated rings. The first kappa shape index (κ1) is 21.1. The van der Waals surface area contributed by atoms with Crippen molar-refractivity contribution in [3.8, 4) is 0 Å². The van der Waals surface area contributed by atoms with Gasteiger partial charge in [0.15, 0.2) is 5.78 Å². The molecule has 0 aliphatic rings. The van der Waals surface area contributed by atoms with E-state index in [1.54, 1.807) is 0 Å². The second kappa shape index (κ2) is 9.76. The molecular weight excluding hydrogens is 392 g/mol. The minimum atomic E-state index is -0.188. The quantitative estimate of drug-likeness (QED) is 0.205. The van der Waals surface area contributed by atoms with Crippen LogP contribution in [-0.2, 0) is 4.79 Å². The zero-order valence-corrected chi connectivity index (χ0v) is 17.9. The summed E-state index contributed by atoms with van der Waals surface area (Å²) in [6, 6.07) is 38.8. The van der Waals surface area contributed by atoms with E-state index in [4.69, 9.17) is 0 Å². The lowest BCUT2D eigenvalue weighted by Gasteiger charge is -2.18. The number of aliphatic hydroxyl groups excluding tert-OH is 1. The molecule has 156 valence electrons. The molecule has 0 spiro atoms. The molecule has 0 unspecified atom stereocenters. The van der Waals surface area contributed by atoms with E-state index in [0.717, 1.165) is 33.4 Å². The van der Waals surface area contributed by atoms with E-state index in [0.29, 0.717) is 5.56 Å². The van der Waals surface area contributed by atoms with Gasteiger partial charge in [0, 0.05) is 11.6 Å². The fourth-order valence-electron chi connectivity index (χ4n) is 3.81. The number of hydrogen-bond donors (Lipinski definition) is 1. The van der Waals surface area contributed by atoms with Gasteiger partial charge >= 0.3 is 0 Å². The second-order valence-electron chi connectivity index (χ2n) is 7.57. The van der Waals surface area contributed by atoms with Gasteiger partial charge in [0.25, 0.3) is 0 Å². The van der Waals surface area contributed by atoms with Gasteiger partial charge in [-0.05, 0) is 40.3 Å². The summed E-state index contributed by atoms with van der Waals surface area (Å²) in [5.41, 5.74) is 7.22. The SMILES string of the molecule is CC(=O)/C=C(\O)c1ccc(C(=C(c2ccccc2)c2ccccc2)c2ccccc2)cc1. The minimum absolute atomic E-state index is 0.0272. The highest BCUT2D eigenvalue weighted by atomic mass is 16.3. The van der Waals surface area contributed by atoms with Gasteiger partial charge < -0.3 is 5.11 Å². The van der Waals surface area contributed by atoms with Crippen molar-refractivity contribution in [1.29, 1.82) is 0 Å². The molecule has 2 nitrogen and oxygen atoms in total. The van der Waals surface area contributed by atoms with Gasteiger partial charge in [0.1, 0.15) is 5.76 Å². The Hall–Kier alpha value is -4.17. The maximum atomic E-state index is 11.3. The van der Waals surface area contributed by atoms with Gasteiger partial charge in [-0.2, -0.15) is 0 Å². The van der Waals surface area contributed by atoms with Crippen LogP contribution >= 0.6 is 0 Å². The zero-order chi connectivity index (χ0) is 22.3. The van der Waals surface area contributed by atoms with Crippen LogP contribution in [0.5, 0.6) is 0 Å². The van der Waals surface area contributed by atoms with E-state index in [1.165, 1.54) is 13.0 Å². The molecule has 0 radical (unpaired) electrons. The smallest absolute Gasteiger partial charge is 0.156 e. The molecule has 4 aromatic carbocycles. The molecule has 0 aromatic heterocycles. The molecule has 1 N–H and O–H groups in total. The summed E-state index contributed by atoms with van der Waals surface area (Å²) in [6.45, 7) is 1.42. The van der Waals surface area contributed by atoms with Crippen molar-refractivity contribution < 1.29 is 9.90 Å². The number of rotatable bonds is 6. The molecule has 0 saturated heterocycles. The Kier molecular flexibility index (Phi) is 6.43. The Labute approximate surface area is 188 Å². The van der Waals surface area contributed by atoms with Crippen LogP contribution in [0.4, 0.5) is 0 Å². The van der Waals surface area contributed by atoms with Crippen molar-refractivity contribution in [1.82, 2.24) is 0 Å². The Morgan fingerprint density at radius 3 is 1.19 bits per heavy atom. The van der Waals surface area contributed by atoms with E-state index in [1.807, 2.05) is 54.6 Å². The van der Waals surface area contributed by atoms with E-state index < -0.39 is 0 Å². The number of ketones is 1. The summed E-state index contributed by atoms with van der Waals surface area (Å²) in [5, 5.41) is 10.2. The molecule has 0 aliphatic carbocycles. The second-order valence-corrected chi connectivity index (χ2v) is 7.57. The van der Waals surface area contributed by atoms with E-state index in [-0.39, 0.29) is 11.5 Å². The summed E-state index contributed by atoms with van der Waals surface area (Å²) in [4.78, 5) is 11.3. The Balaban J connectivity index is 1.98. The average molecular weight is 417 g/mol. The van der Waals surface area contributed by atoms with Crippen LogP contribution in [0.2, 0.25) is 0 Å². The normalized spacial score (nSPS) is 11.1. The molecule has 0 aliphatic heterocycles. The third-order valence-corrected chi connectivity index (χ3v) is 5.25. The Bertz CT molecular complexity index is 1210. The van der Waals surface area contributed by atoms with Gasteiger partial charge in [0.2, 0.25) is 0 Å². The molecule has 0 amide bonds. The lowest BCUT2D eigenvalue weighted by molar-refractivity contribution is -0.112. The summed E-state index contributed by atoms with van der Waals surface area (Å²) in [7, 11) is 0. The molecule has 2 heteroatoms. The molecule has 4 rings (SSSR count). The molecule has 0 heterocycles. The van der Waals surface area contributed by atoms with Crippen LogP contribution in [0, 0.1) is 0 Å². The number of allylic oxidation sites excluding steroid dienone is 1. The fraction of sp³-hybridized carbons (Fsp3) is 0.0333. The van der Waals surface area contributed by atoms with Crippen LogP contribution in [0.15, 0.2) is 121 Å². The third-order valence-electron chi connectivity index (χ3n) is 5.25. The largest absolute Gasteiger partial charge is 0.507 e. The Morgan fingerprint density at radius 1 is 0.531 bits per heavy atom. The highest BCUT2D eigenvalue weighted by Crippen LogP contribution is 2.37. The molecule has 32 heavy (non-hydrogen) atoms. The van der Waals surface area contributed by atoms with Crippen molar-refractivity contribution in [3.63, 3.8) is 0 Å². The lowest BCUT2D eigenvalue weighted by atomic mass is 9.85. The van der Waals surface area contributed by atoms with E-state index in [2.05, 4.69) is 60.7 Å². The van der Waals surface area contributed by atoms with Gasteiger partial charge in [0.05, 0.1) is 0 Å². The average Bonchev–Trinajstić information content (AvgIpc) is 2.84. The topological polar surface area (TPSA) is 37.3 Å². The lowest BCUT2D eigenvalue weighted by Crippen LogP contribution is -1.98. The van der Waals surface area contributed by atoms with Gasteiger partial charge in [-0.15, -0.1) is 0 Å². The van der Waals surface area contributed by atoms with Crippen LogP contribution in [0.1, 0.15) is 34.7 Å². The van der Waals surface area contributed by atoms with Crippen LogP contribution in [0.25, 0.3) is 16.9 Å². The van der Waals surface area contributed by atoms with Crippen molar-refractivity contribution in [2.75, 3.05) is 0 Å². The van der Waals surface area contributed by atoms with Crippen LogP contribution in [0.3, 0.4) is 0 Å². The first-order valence-corrected chi connectivity index (χ1v) is 10.6. The maximum absolute atomic E-state index is 11.3. The van der Waals surface area contributed by atoms with Crippen molar-refractivity contribution in [2.45, 2.75) is 6.92 Å². The maximum Gasteiger partial charge on any atom is 0.156 e. The van der Waals surface area contributed by atoms with Gasteiger partial charge in [-0.25, -0.2) is 0 Å². The summed E-state index contributed by atoms with van der Waals surface area (Å²) >= 11 is 0. The monoisotopic (exact) mass is 416 g/mol. The number of hydrogen-bond acceptors (Lipinski definition) is 2. The molecule has 0 atom stereocenters. The van der Waals surface area contributed by atoms with Gasteiger partial charge in [-0.1, -0.05) is 115 Å². The number of carbonyl (C=O) groups excluding carboxylic acids is 1.